The minimum absolute atomic E-state index is 0.0715. The van der Waals surface area contributed by atoms with Crippen LogP contribution in [0.3, 0.4) is 0 Å². The summed E-state index contributed by atoms with van der Waals surface area (Å²) in [6.07, 6.45) is 8.89. The first-order valence-electron chi connectivity index (χ1n) is 9.82. The van der Waals surface area contributed by atoms with E-state index in [-0.39, 0.29) is 16.8 Å². The quantitative estimate of drug-likeness (QED) is 0.683. The van der Waals surface area contributed by atoms with Gasteiger partial charge in [-0.1, -0.05) is 12.1 Å². The van der Waals surface area contributed by atoms with Crippen LogP contribution < -0.4 is 14.9 Å². The first-order valence-corrected chi connectivity index (χ1v) is 11.3. The third-order valence-corrected chi connectivity index (χ3v) is 6.50. The van der Waals surface area contributed by atoms with Gasteiger partial charge in [0.05, 0.1) is 16.8 Å². The maximum Gasteiger partial charge on any atom is 0.248 e. The first-order chi connectivity index (χ1) is 14.0. The van der Waals surface area contributed by atoms with Crippen LogP contribution in [-0.4, -0.2) is 38.4 Å². The van der Waals surface area contributed by atoms with Crippen molar-refractivity contribution in [2.24, 2.45) is 0 Å². The molecule has 8 heteroatoms. The minimum Gasteiger partial charge on any atom is -0.357 e. The average Bonchev–Trinajstić information content (AvgIpc) is 3.34. The van der Waals surface area contributed by atoms with E-state index in [0.29, 0.717) is 5.69 Å². The number of benzene rings is 1. The van der Waals surface area contributed by atoms with E-state index in [4.69, 9.17) is 0 Å². The number of nitrogens with zero attached hydrogens (tertiary/aromatic N) is 2. The zero-order valence-electron chi connectivity index (χ0n) is 16.0. The van der Waals surface area contributed by atoms with Crippen LogP contribution in [0.25, 0.3) is 6.08 Å². The Bertz CT molecular complexity index is 991. The summed E-state index contributed by atoms with van der Waals surface area (Å²) in [7, 11) is -3.46. The molecular formula is C21H24N4O3S. The summed E-state index contributed by atoms with van der Waals surface area (Å²) in [5.41, 5.74) is 1.38. The van der Waals surface area contributed by atoms with Crippen molar-refractivity contribution in [2.45, 2.75) is 36.6 Å². The number of hydrogen-bond donors (Lipinski definition) is 2. The molecule has 0 bridgehead atoms. The summed E-state index contributed by atoms with van der Waals surface area (Å²) < 4.78 is 27.0. The highest BCUT2D eigenvalue weighted by Gasteiger charge is 2.27. The van der Waals surface area contributed by atoms with Gasteiger partial charge in [0.1, 0.15) is 5.82 Å². The van der Waals surface area contributed by atoms with E-state index >= 15 is 0 Å². The molecule has 152 valence electrons. The zero-order valence-corrected chi connectivity index (χ0v) is 16.9. The number of aromatic nitrogens is 1. The van der Waals surface area contributed by atoms with Crippen LogP contribution >= 0.6 is 0 Å². The molecule has 1 saturated heterocycles. The summed E-state index contributed by atoms with van der Waals surface area (Å²) in [6, 6.07) is 10.3. The van der Waals surface area contributed by atoms with Crippen molar-refractivity contribution in [3.8, 4) is 0 Å². The molecule has 7 nitrogen and oxygen atoms in total. The Hall–Kier alpha value is -2.71. The monoisotopic (exact) mass is 412 g/mol. The highest BCUT2D eigenvalue weighted by Crippen LogP contribution is 2.22. The maximum absolute atomic E-state index is 12.2. The predicted molar refractivity (Wildman–Crippen MR) is 113 cm³/mol. The second-order valence-corrected chi connectivity index (χ2v) is 9.10. The molecule has 0 spiro atoms. The second-order valence-electron chi connectivity index (χ2n) is 7.39. The SMILES string of the molecule is O=C(/C=C/c1ccc(S(=O)(=O)NC2CC2)cc1)Nc1ccc(N2CCCC2)nc1. The van der Waals surface area contributed by atoms with Gasteiger partial charge in [0.25, 0.3) is 0 Å². The van der Waals surface area contributed by atoms with E-state index in [1.807, 2.05) is 12.1 Å². The van der Waals surface area contributed by atoms with Crippen LogP contribution in [0, 0.1) is 0 Å². The van der Waals surface area contributed by atoms with Crippen molar-refractivity contribution >= 4 is 33.5 Å². The number of amides is 1. The van der Waals surface area contributed by atoms with Gasteiger partial charge in [-0.3, -0.25) is 4.79 Å². The lowest BCUT2D eigenvalue weighted by atomic mass is 10.2. The van der Waals surface area contributed by atoms with Crippen LogP contribution in [-0.2, 0) is 14.8 Å². The molecule has 0 atom stereocenters. The fourth-order valence-electron chi connectivity index (χ4n) is 3.20. The third kappa shape index (κ3) is 5.21. The van der Waals surface area contributed by atoms with Gasteiger partial charge in [-0.15, -0.1) is 0 Å². The normalized spacial score (nSPS) is 17.0. The van der Waals surface area contributed by atoms with Gasteiger partial charge >= 0.3 is 0 Å². The summed E-state index contributed by atoms with van der Waals surface area (Å²) in [5.74, 6) is 0.662. The number of carbonyl (C=O) groups is 1. The van der Waals surface area contributed by atoms with Gasteiger partial charge in [0.15, 0.2) is 0 Å². The van der Waals surface area contributed by atoms with Crippen LogP contribution in [0.1, 0.15) is 31.2 Å². The Balaban J connectivity index is 1.33. The highest BCUT2D eigenvalue weighted by molar-refractivity contribution is 7.89. The molecule has 1 amide bonds. The fraction of sp³-hybridized carbons (Fsp3) is 0.333. The van der Waals surface area contributed by atoms with E-state index in [1.54, 1.807) is 36.5 Å². The van der Waals surface area contributed by atoms with Crippen molar-refractivity contribution in [1.82, 2.24) is 9.71 Å². The van der Waals surface area contributed by atoms with Crippen molar-refractivity contribution in [3.05, 3.63) is 54.2 Å². The van der Waals surface area contributed by atoms with Crippen LogP contribution in [0.5, 0.6) is 0 Å². The first kappa shape index (κ1) is 19.6. The largest absolute Gasteiger partial charge is 0.357 e. The molecule has 1 saturated carbocycles. The van der Waals surface area contributed by atoms with E-state index in [1.165, 1.54) is 18.9 Å². The van der Waals surface area contributed by atoms with Gasteiger partial charge < -0.3 is 10.2 Å². The molecule has 1 aromatic heterocycles. The highest BCUT2D eigenvalue weighted by atomic mass is 32.2. The molecule has 1 aromatic carbocycles. The number of pyridine rings is 1. The molecule has 2 aliphatic rings. The summed E-state index contributed by atoms with van der Waals surface area (Å²) in [5, 5.41) is 2.78. The number of carbonyl (C=O) groups excluding carboxylic acids is 1. The molecule has 2 N–H and O–H groups in total. The molecule has 29 heavy (non-hydrogen) atoms. The standard InChI is InChI=1S/C21H24N4O3S/c26-21(23-18-8-11-20(22-15-18)25-13-1-2-14-25)12-5-16-3-9-19(10-4-16)29(27,28)24-17-6-7-17/h3-5,8-12,15,17,24H,1-2,6-7,13-14H2,(H,23,26)/b12-5+. The van der Waals surface area contributed by atoms with Crippen molar-refractivity contribution in [1.29, 1.82) is 0 Å². The van der Waals surface area contributed by atoms with E-state index < -0.39 is 10.0 Å². The molecule has 2 heterocycles. The summed E-state index contributed by atoms with van der Waals surface area (Å²) in [6.45, 7) is 2.05. The number of hydrogen-bond acceptors (Lipinski definition) is 5. The molecular weight excluding hydrogens is 388 g/mol. The van der Waals surface area contributed by atoms with Crippen molar-refractivity contribution < 1.29 is 13.2 Å². The molecule has 0 radical (unpaired) electrons. The smallest absolute Gasteiger partial charge is 0.248 e. The van der Waals surface area contributed by atoms with Crippen LogP contribution in [0.4, 0.5) is 11.5 Å². The Morgan fingerprint density at radius 2 is 1.79 bits per heavy atom. The minimum atomic E-state index is -3.46. The van der Waals surface area contributed by atoms with Gasteiger partial charge in [-0.25, -0.2) is 18.1 Å². The molecule has 0 unspecified atom stereocenters. The maximum atomic E-state index is 12.2. The summed E-state index contributed by atoms with van der Waals surface area (Å²) in [4.78, 5) is 19.0. The Morgan fingerprint density at radius 3 is 2.41 bits per heavy atom. The Labute approximate surface area is 170 Å². The predicted octanol–water partition coefficient (Wildman–Crippen LogP) is 2.77. The lowest BCUT2D eigenvalue weighted by Crippen LogP contribution is -2.25. The number of nitrogens with one attached hydrogen (secondary N) is 2. The number of anilines is 2. The topological polar surface area (TPSA) is 91.4 Å². The Morgan fingerprint density at radius 1 is 1.07 bits per heavy atom. The van der Waals surface area contributed by atoms with Gasteiger partial charge in [-0.05, 0) is 61.6 Å². The Kier molecular flexibility index (Phi) is 5.64. The van der Waals surface area contributed by atoms with Crippen LogP contribution in [0.15, 0.2) is 53.6 Å². The fourth-order valence-corrected chi connectivity index (χ4v) is 4.50. The lowest BCUT2D eigenvalue weighted by Gasteiger charge is -2.16. The third-order valence-electron chi connectivity index (χ3n) is 4.96. The zero-order chi connectivity index (χ0) is 20.3. The van der Waals surface area contributed by atoms with E-state index in [9.17, 15) is 13.2 Å². The van der Waals surface area contributed by atoms with Gasteiger partial charge in [0.2, 0.25) is 15.9 Å². The molecule has 2 fully saturated rings. The number of sulfonamides is 1. The molecule has 2 aromatic rings. The van der Waals surface area contributed by atoms with E-state index in [2.05, 4.69) is 19.9 Å². The van der Waals surface area contributed by atoms with Gasteiger partial charge in [0, 0.05) is 25.2 Å². The van der Waals surface area contributed by atoms with Crippen molar-refractivity contribution in [3.63, 3.8) is 0 Å². The molecule has 4 rings (SSSR count). The average molecular weight is 413 g/mol. The second kappa shape index (κ2) is 8.34. The van der Waals surface area contributed by atoms with E-state index in [0.717, 1.165) is 37.3 Å². The molecule has 1 aliphatic carbocycles. The molecule has 1 aliphatic heterocycles. The lowest BCUT2D eigenvalue weighted by molar-refractivity contribution is -0.111. The van der Waals surface area contributed by atoms with Crippen LogP contribution in [0.2, 0.25) is 0 Å². The summed E-state index contributed by atoms with van der Waals surface area (Å²) >= 11 is 0. The van der Waals surface area contributed by atoms with Crippen molar-refractivity contribution in [2.75, 3.05) is 23.3 Å². The number of rotatable bonds is 7. The van der Waals surface area contributed by atoms with Gasteiger partial charge in [-0.2, -0.15) is 0 Å².